The molecule has 2 N–H and O–H groups in total. The van der Waals surface area contributed by atoms with Gasteiger partial charge in [-0.05, 0) is 36.4 Å². The number of hydrogen-bond donors (Lipinski definition) is 2. The summed E-state index contributed by atoms with van der Waals surface area (Å²) < 4.78 is 21.5. The quantitative estimate of drug-likeness (QED) is 0.212. The molecule has 194 valence electrons. The lowest BCUT2D eigenvalue weighted by Gasteiger charge is -2.08. The average Bonchev–Trinajstić information content (AvgIpc) is 3.59. The number of imidazole rings is 1. The van der Waals surface area contributed by atoms with Crippen molar-refractivity contribution >= 4 is 34.0 Å². The summed E-state index contributed by atoms with van der Waals surface area (Å²) in [7, 11) is 1.64. The Hall–Kier alpha value is -3.28. The number of ether oxygens (including phenoxy) is 4. The molecule has 0 aliphatic carbocycles. The van der Waals surface area contributed by atoms with Crippen molar-refractivity contribution in [3.05, 3.63) is 70.8 Å². The number of thiazole rings is 1. The summed E-state index contributed by atoms with van der Waals surface area (Å²) in [5.74, 6) is 0.902. The number of H-pyrrole nitrogens is 1. The predicted octanol–water partition coefficient (Wildman–Crippen LogP) is 5.16. The lowest BCUT2D eigenvalue weighted by molar-refractivity contribution is 0.0180. The van der Waals surface area contributed by atoms with Gasteiger partial charge in [0.25, 0.3) is 5.91 Å². The van der Waals surface area contributed by atoms with Gasteiger partial charge in [0.15, 0.2) is 10.8 Å². The topological polar surface area (TPSA) is 108 Å². The number of aromatic nitrogens is 3. The Morgan fingerprint density at radius 2 is 1.62 bits per heavy atom. The number of halogens is 1. The van der Waals surface area contributed by atoms with E-state index in [4.69, 9.17) is 30.5 Å². The highest BCUT2D eigenvalue weighted by atomic mass is 35.5. The molecule has 0 saturated carbocycles. The van der Waals surface area contributed by atoms with Crippen LogP contribution < -0.4 is 10.1 Å². The van der Waals surface area contributed by atoms with Gasteiger partial charge in [-0.1, -0.05) is 23.7 Å². The molecule has 2 aromatic heterocycles. The highest BCUT2D eigenvalue weighted by Gasteiger charge is 2.20. The van der Waals surface area contributed by atoms with Crippen LogP contribution in [0.4, 0.5) is 5.13 Å². The van der Waals surface area contributed by atoms with E-state index in [1.165, 1.54) is 11.3 Å². The molecule has 37 heavy (non-hydrogen) atoms. The monoisotopic (exact) mass is 542 g/mol. The molecule has 4 rings (SSSR count). The van der Waals surface area contributed by atoms with Crippen molar-refractivity contribution in [3.63, 3.8) is 0 Å². The van der Waals surface area contributed by atoms with Gasteiger partial charge >= 0.3 is 0 Å². The lowest BCUT2D eigenvalue weighted by atomic mass is 10.1. The first-order valence-corrected chi connectivity index (χ1v) is 12.8. The fourth-order valence-electron chi connectivity index (χ4n) is 3.33. The molecule has 0 spiro atoms. The molecular formula is C26H27ClN4O5S. The molecule has 0 saturated heterocycles. The number of carbonyl (C=O) groups is 1. The van der Waals surface area contributed by atoms with Crippen molar-refractivity contribution in [2.45, 2.75) is 0 Å². The second-order valence-corrected chi connectivity index (χ2v) is 9.03. The standard InChI is InChI=1S/C26H27ClN4O5S/c1-33-11-12-34-13-14-35-15-16-36-21-8-4-19(5-9-21)24-29-22(18-2-6-20(27)7-3-18)23(30-24)25(32)31-26-28-10-17-37-26/h2-10,17H,11-16H2,1H3,(H,29,30)(H,28,31,32). The summed E-state index contributed by atoms with van der Waals surface area (Å²) >= 11 is 7.39. The minimum atomic E-state index is -0.355. The zero-order chi connectivity index (χ0) is 25.9. The molecule has 2 heterocycles. The summed E-state index contributed by atoms with van der Waals surface area (Å²) in [6.07, 6.45) is 1.63. The van der Waals surface area contributed by atoms with Crippen LogP contribution in [0.25, 0.3) is 22.6 Å². The van der Waals surface area contributed by atoms with E-state index in [1.807, 2.05) is 36.4 Å². The number of benzene rings is 2. The van der Waals surface area contributed by atoms with Crippen molar-refractivity contribution < 1.29 is 23.7 Å². The molecule has 0 aliphatic heterocycles. The van der Waals surface area contributed by atoms with Crippen LogP contribution in [0.15, 0.2) is 60.1 Å². The van der Waals surface area contributed by atoms with Gasteiger partial charge in [0.1, 0.15) is 18.2 Å². The number of rotatable bonds is 14. The first-order valence-electron chi connectivity index (χ1n) is 11.6. The molecule has 4 aromatic rings. The van der Waals surface area contributed by atoms with Gasteiger partial charge in [-0.15, -0.1) is 11.3 Å². The number of carbonyl (C=O) groups excluding carboxylic acids is 1. The third kappa shape index (κ3) is 7.85. The molecule has 0 bridgehead atoms. The zero-order valence-electron chi connectivity index (χ0n) is 20.2. The maximum absolute atomic E-state index is 13.0. The van der Waals surface area contributed by atoms with Crippen molar-refractivity contribution in [3.8, 4) is 28.4 Å². The fraction of sp³-hybridized carbons (Fsp3) is 0.269. The van der Waals surface area contributed by atoms with Crippen LogP contribution in [0.5, 0.6) is 5.75 Å². The van der Waals surface area contributed by atoms with E-state index in [0.29, 0.717) is 67.1 Å². The van der Waals surface area contributed by atoms with Crippen molar-refractivity contribution in [1.82, 2.24) is 15.0 Å². The van der Waals surface area contributed by atoms with Crippen molar-refractivity contribution in [2.75, 3.05) is 52.1 Å². The van der Waals surface area contributed by atoms with Crippen LogP contribution in [0.1, 0.15) is 10.5 Å². The van der Waals surface area contributed by atoms with E-state index in [1.54, 1.807) is 30.8 Å². The van der Waals surface area contributed by atoms with Gasteiger partial charge in [0.2, 0.25) is 0 Å². The fourth-order valence-corrected chi connectivity index (χ4v) is 3.98. The van der Waals surface area contributed by atoms with E-state index in [2.05, 4.69) is 20.3 Å². The highest BCUT2D eigenvalue weighted by molar-refractivity contribution is 7.13. The maximum atomic E-state index is 13.0. The van der Waals surface area contributed by atoms with Crippen LogP contribution in [0.2, 0.25) is 5.02 Å². The number of hydrogen-bond acceptors (Lipinski definition) is 8. The van der Waals surface area contributed by atoms with Crippen LogP contribution >= 0.6 is 22.9 Å². The number of aromatic amines is 1. The Labute approximate surface area is 223 Å². The van der Waals surface area contributed by atoms with E-state index in [0.717, 1.165) is 11.1 Å². The number of methoxy groups -OCH3 is 1. The normalized spacial score (nSPS) is 11.0. The molecule has 11 heteroatoms. The molecule has 2 aromatic carbocycles. The lowest BCUT2D eigenvalue weighted by Crippen LogP contribution is -2.13. The molecule has 0 unspecified atom stereocenters. The van der Waals surface area contributed by atoms with E-state index in [-0.39, 0.29) is 11.6 Å². The Balaban J connectivity index is 1.39. The van der Waals surface area contributed by atoms with Crippen molar-refractivity contribution in [1.29, 1.82) is 0 Å². The van der Waals surface area contributed by atoms with Gasteiger partial charge in [-0.2, -0.15) is 0 Å². The number of anilines is 1. The Morgan fingerprint density at radius 3 is 2.30 bits per heavy atom. The SMILES string of the molecule is COCCOCCOCCOc1ccc(-c2nc(C(=O)Nc3nccs3)c(-c3ccc(Cl)cc3)[nH]2)cc1. The molecule has 0 aliphatic rings. The minimum Gasteiger partial charge on any atom is -0.491 e. The van der Waals surface area contributed by atoms with Crippen molar-refractivity contribution in [2.24, 2.45) is 0 Å². The summed E-state index contributed by atoms with van der Waals surface area (Å²) in [6.45, 7) is 3.01. The third-order valence-corrected chi connectivity index (χ3v) is 6.07. The Morgan fingerprint density at radius 1 is 0.946 bits per heavy atom. The van der Waals surface area contributed by atoms with Gasteiger partial charge in [-0.3, -0.25) is 10.1 Å². The van der Waals surface area contributed by atoms with Crippen LogP contribution in [-0.2, 0) is 14.2 Å². The number of nitrogens with zero attached hydrogens (tertiary/aromatic N) is 2. The first-order chi connectivity index (χ1) is 18.1. The molecule has 9 nitrogen and oxygen atoms in total. The van der Waals surface area contributed by atoms with E-state index < -0.39 is 0 Å². The van der Waals surface area contributed by atoms with E-state index in [9.17, 15) is 4.79 Å². The van der Waals surface area contributed by atoms with Gasteiger partial charge in [0, 0.05) is 34.8 Å². The van der Waals surface area contributed by atoms with E-state index >= 15 is 0 Å². The first kappa shape index (κ1) is 26.8. The summed E-state index contributed by atoms with van der Waals surface area (Å²) in [4.78, 5) is 25.0. The van der Waals surface area contributed by atoms with Gasteiger partial charge < -0.3 is 23.9 Å². The number of nitrogens with one attached hydrogen (secondary N) is 2. The second kappa shape index (κ2) is 13.9. The Bertz CT molecular complexity index is 1250. The molecule has 0 atom stereocenters. The molecule has 1 amide bonds. The van der Waals surface area contributed by atoms with Crippen LogP contribution in [0, 0.1) is 0 Å². The molecule has 0 radical (unpaired) electrons. The summed E-state index contributed by atoms with van der Waals surface area (Å²) in [5, 5.41) is 5.70. The van der Waals surface area contributed by atoms with Gasteiger partial charge in [-0.25, -0.2) is 9.97 Å². The smallest absolute Gasteiger partial charge is 0.278 e. The van der Waals surface area contributed by atoms with Crippen LogP contribution in [0.3, 0.4) is 0 Å². The number of amides is 1. The van der Waals surface area contributed by atoms with Crippen LogP contribution in [-0.4, -0.2) is 67.6 Å². The summed E-state index contributed by atoms with van der Waals surface area (Å²) in [6, 6.07) is 14.7. The van der Waals surface area contributed by atoms with Gasteiger partial charge in [0.05, 0.1) is 38.7 Å². The average molecular weight is 543 g/mol. The molecule has 0 fully saturated rings. The summed E-state index contributed by atoms with van der Waals surface area (Å²) in [5.41, 5.74) is 2.44. The molecular weight excluding hydrogens is 516 g/mol. The highest BCUT2D eigenvalue weighted by Crippen LogP contribution is 2.29. The maximum Gasteiger partial charge on any atom is 0.278 e. The third-order valence-electron chi connectivity index (χ3n) is 5.13. The second-order valence-electron chi connectivity index (χ2n) is 7.70. The largest absolute Gasteiger partial charge is 0.491 e. The zero-order valence-corrected chi connectivity index (χ0v) is 21.8. The predicted molar refractivity (Wildman–Crippen MR) is 144 cm³/mol. The minimum absolute atomic E-state index is 0.260. The Kier molecular flexibility index (Phi) is 10.0.